The second kappa shape index (κ2) is 7.16. The minimum Gasteiger partial charge on any atom is -0.480 e. The largest absolute Gasteiger partial charge is 0.480 e. The van der Waals surface area contributed by atoms with Gasteiger partial charge in [0.1, 0.15) is 6.04 Å². The highest BCUT2D eigenvalue weighted by Crippen LogP contribution is 2.39. The molecule has 3 atom stereocenters. The number of anilines is 1. The molecule has 1 saturated carbocycles. The molecule has 0 bridgehead atoms. The van der Waals surface area contributed by atoms with Crippen LogP contribution in [0.1, 0.15) is 48.8 Å². The third-order valence-corrected chi connectivity index (χ3v) is 5.77. The average Bonchev–Trinajstić information content (AvgIpc) is 2.90. The minimum atomic E-state index is -0.801. The average molecular weight is 344 g/mol. The number of benzene rings is 1. The van der Waals surface area contributed by atoms with Crippen LogP contribution in [0.3, 0.4) is 0 Å². The van der Waals surface area contributed by atoms with E-state index in [1.807, 2.05) is 25.7 Å². The van der Waals surface area contributed by atoms with Crippen molar-refractivity contribution in [1.82, 2.24) is 4.90 Å². The number of carbonyl (C=O) groups excluding carboxylic acids is 1. The van der Waals surface area contributed by atoms with E-state index in [0.717, 1.165) is 36.1 Å². The van der Waals surface area contributed by atoms with Crippen LogP contribution in [-0.2, 0) is 9.59 Å². The van der Waals surface area contributed by atoms with Gasteiger partial charge in [0.25, 0.3) is 0 Å². The van der Waals surface area contributed by atoms with Crippen molar-refractivity contribution in [2.75, 3.05) is 11.9 Å². The maximum atomic E-state index is 12.7. The van der Waals surface area contributed by atoms with E-state index in [2.05, 4.69) is 17.4 Å². The number of nitrogens with one attached hydrogen (secondary N) is 1. The number of rotatable bonds is 4. The number of likely N-dealkylation sites (tertiary alicyclic amines) is 1. The molecule has 1 aromatic carbocycles. The summed E-state index contributed by atoms with van der Waals surface area (Å²) in [6.45, 7) is 6.17. The number of aryl methyl sites for hydroxylation is 3. The van der Waals surface area contributed by atoms with Gasteiger partial charge in [0.15, 0.2) is 0 Å². The van der Waals surface area contributed by atoms with Gasteiger partial charge in [0.05, 0.1) is 6.54 Å². The first-order chi connectivity index (χ1) is 11.9. The Morgan fingerprint density at radius 1 is 1.16 bits per heavy atom. The van der Waals surface area contributed by atoms with Gasteiger partial charge in [-0.2, -0.15) is 0 Å². The highest BCUT2D eigenvalue weighted by molar-refractivity contribution is 5.94. The summed E-state index contributed by atoms with van der Waals surface area (Å²) in [6.07, 6.45) is 5.07. The predicted octanol–water partition coefficient (Wildman–Crippen LogP) is 3.27. The number of nitrogens with zero attached hydrogens (tertiary/aromatic N) is 1. The quantitative estimate of drug-likeness (QED) is 0.879. The first kappa shape index (κ1) is 17.9. The molecule has 2 fully saturated rings. The summed E-state index contributed by atoms with van der Waals surface area (Å²) in [5.41, 5.74) is 4.10. The van der Waals surface area contributed by atoms with Crippen molar-refractivity contribution in [2.45, 2.75) is 65.0 Å². The number of carboxylic acids is 1. The Morgan fingerprint density at radius 2 is 1.80 bits per heavy atom. The van der Waals surface area contributed by atoms with Crippen molar-refractivity contribution in [3.8, 4) is 0 Å². The van der Waals surface area contributed by atoms with Crippen LogP contribution in [0.2, 0.25) is 0 Å². The molecule has 2 N–H and O–H groups in total. The number of hydrogen-bond donors (Lipinski definition) is 2. The highest BCUT2D eigenvalue weighted by Gasteiger charge is 2.45. The lowest BCUT2D eigenvalue weighted by molar-refractivity contribution is -0.143. The van der Waals surface area contributed by atoms with E-state index in [-0.39, 0.29) is 18.5 Å². The van der Waals surface area contributed by atoms with Crippen LogP contribution in [0.4, 0.5) is 5.69 Å². The van der Waals surface area contributed by atoms with E-state index in [9.17, 15) is 14.7 Å². The van der Waals surface area contributed by atoms with Gasteiger partial charge in [-0.15, -0.1) is 0 Å². The Morgan fingerprint density at radius 3 is 2.44 bits per heavy atom. The topological polar surface area (TPSA) is 69.6 Å². The molecule has 1 aliphatic carbocycles. The van der Waals surface area contributed by atoms with Gasteiger partial charge < -0.3 is 10.4 Å². The van der Waals surface area contributed by atoms with Crippen molar-refractivity contribution in [2.24, 2.45) is 5.92 Å². The second-order valence-electron chi connectivity index (χ2n) is 7.70. The summed E-state index contributed by atoms with van der Waals surface area (Å²) in [6, 6.07) is 3.81. The molecule has 136 valence electrons. The number of carboxylic acid groups (broad SMARTS) is 1. The standard InChI is InChI=1S/C20H28N2O3/c1-12-8-13(2)19(14(3)9-12)21-18(23)11-22-16-7-5-4-6-15(16)10-17(22)20(24)25/h8-9,15-17H,4-7,10-11H2,1-3H3,(H,21,23)(H,24,25). The Balaban J connectivity index is 1.74. The van der Waals surface area contributed by atoms with Crippen LogP contribution in [0.15, 0.2) is 12.1 Å². The number of fused-ring (bicyclic) bond motifs is 1. The van der Waals surface area contributed by atoms with E-state index in [4.69, 9.17) is 0 Å². The summed E-state index contributed by atoms with van der Waals surface area (Å²) in [5, 5.41) is 12.6. The van der Waals surface area contributed by atoms with Crippen molar-refractivity contribution in [3.63, 3.8) is 0 Å². The lowest BCUT2D eigenvalue weighted by atomic mass is 9.85. The Kier molecular flexibility index (Phi) is 5.13. The second-order valence-corrected chi connectivity index (χ2v) is 7.70. The van der Waals surface area contributed by atoms with Crippen molar-refractivity contribution in [1.29, 1.82) is 0 Å². The van der Waals surface area contributed by atoms with Crippen molar-refractivity contribution >= 4 is 17.6 Å². The molecule has 3 rings (SSSR count). The van der Waals surface area contributed by atoms with Crippen molar-refractivity contribution < 1.29 is 14.7 Å². The van der Waals surface area contributed by atoms with Gasteiger partial charge in [-0.1, -0.05) is 30.5 Å². The first-order valence-corrected chi connectivity index (χ1v) is 9.23. The summed E-state index contributed by atoms with van der Waals surface area (Å²) >= 11 is 0. The fourth-order valence-corrected chi connectivity index (χ4v) is 4.75. The van der Waals surface area contributed by atoms with Crippen LogP contribution in [0.5, 0.6) is 0 Å². The maximum absolute atomic E-state index is 12.7. The molecular weight excluding hydrogens is 316 g/mol. The first-order valence-electron chi connectivity index (χ1n) is 9.23. The van der Waals surface area contributed by atoms with Gasteiger partial charge in [-0.3, -0.25) is 14.5 Å². The summed E-state index contributed by atoms with van der Waals surface area (Å²) in [5.74, 6) is -0.497. The van der Waals surface area contributed by atoms with Crippen LogP contribution >= 0.6 is 0 Å². The molecule has 0 spiro atoms. The van der Waals surface area contributed by atoms with E-state index in [1.165, 1.54) is 12.0 Å². The number of hydrogen-bond acceptors (Lipinski definition) is 3. The Labute approximate surface area is 149 Å². The summed E-state index contributed by atoms with van der Waals surface area (Å²) in [4.78, 5) is 26.3. The van der Waals surface area contributed by atoms with E-state index >= 15 is 0 Å². The van der Waals surface area contributed by atoms with Crippen LogP contribution < -0.4 is 5.32 Å². The normalized spacial score (nSPS) is 26.3. The van der Waals surface area contributed by atoms with Gasteiger partial charge in [0.2, 0.25) is 5.91 Å². The molecule has 1 heterocycles. The van der Waals surface area contributed by atoms with E-state index < -0.39 is 12.0 Å². The van der Waals surface area contributed by atoms with E-state index in [0.29, 0.717) is 12.3 Å². The third kappa shape index (κ3) is 3.71. The van der Waals surface area contributed by atoms with Crippen LogP contribution in [-0.4, -0.2) is 40.5 Å². The molecular formula is C20H28N2O3. The lowest BCUT2D eigenvalue weighted by Crippen LogP contribution is -2.46. The molecule has 0 radical (unpaired) electrons. The molecule has 5 nitrogen and oxygen atoms in total. The molecule has 3 unspecified atom stereocenters. The minimum absolute atomic E-state index is 0.118. The van der Waals surface area contributed by atoms with Gasteiger partial charge in [-0.05, 0) is 57.1 Å². The zero-order valence-electron chi connectivity index (χ0n) is 15.3. The highest BCUT2D eigenvalue weighted by atomic mass is 16.4. The Hall–Kier alpha value is -1.88. The summed E-state index contributed by atoms with van der Waals surface area (Å²) < 4.78 is 0. The van der Waals surface area contributed by atoms with Crippen molar-refractivity contribution in [3.05, 3.63) is 28.8 Å². The zero-order chi connectivity index (χ0) is 18.1. The van der Waals surface area contributed by atoms with Crippen LogP contribution in [0, 0.1) is 26.7 Å². The van der Waals surface area contributed by atoms with Gasteiger partial charge in [0, 0.05) is 11.7 Å². The van der Waals surface area contributed by atoms with Gasteiger partial charge >= 0.3 is 5.97 Å². The molecule has 1 amide bonds. The van der Waals surface area contributed by atoms with Crippen LogP contribution in [0.25, 0.3) is 0 Å². The molecule has 2 aliphatic rings. The molecule has 5 heteroatoms. The maximum Gasteiger partial charge on any atom is 0.320 e. The smallest absolute Gasteiger partial charge is 0.320 e. The SMILES string of the molecule is Cc1cc(C)c(NC(=O)CN2C(C(=O)O)CC3CCCCC32)c(C)c1. The van der Waals surface area contributed by atoms with Gasteiger partial charge in [-0.25, -0.2) is 0 Å². The zero-order valence-corrected chi connectivity index (χ0v) is 15.3. The third-order valence-electron chi connectivity index (χ3n) is 5.77. The fraction of sp³-hybridized carbons (Fsp3) is 0.600. The Bertz CT molecular complexity index is 663. The molecule has 0 aromatic heterocycles. The summed E-state index contributed by atoms with van der Waals surface area (Å²) in [7, 11) is 0. The number of amides is 1. The number of aliphatic carboxylic acids is 1. The predicted molar refractivity (Wildman–Crippen MR) is 97.8 cm³/mol. The molecule has 1 saturated heterocycles. The fourth-order valence-electron chi connectivity index (χ4n) is 4.75. The molecule has 1 aliphatic heterocycles. The lowest BCUT2D eigenvalue weighted by Gasteiger charge is -2.32. The van der Waals surface area contributed by atoms with E-state index in [1.54, 1.807) is 0 Å². The monoisotopic (exact) mass is 344 g/mol. The number of carbonyl (C=O) groups is 2. The molecule has 1 aromatic rings. The molecule has 25 heavy (non-hydrogen) atoms.